The summed E-state index contributed by atoms with van der Waals surface area (Å²) in [5, 5.41) is 8.59. The molecule has 0 bridgehead atoms. The Bertz CT molecular complexity index is 398. The number of aliphatic imine (C=N–C) groups is 1. The van der Waals surface area contributed by atoms with E-state index < -0.39 is 0 Å². The van der Waals surface area contributed by atoms with Crippen LogP contribution in [0, 0.1) is 0 Å². The molecule has 0 amide bonds. The van der Waals surface area contributed by atoms with Gasteiger partial charge in [0.25, 0.3) is 0 Å². The summed E-state index contributed by atoms with van der Waals surface area (Å²) in [7, 11) is 0. The zero-order valence-electron chi connectivity index (χ0n) is 7.43. The molecule has 0 saturated carbocycles. The van der Waals surface area contributed by atoms with Gasteiger partial charge in [0.15, 0.2) is 0 Å². The Labute approximate surface area is 80.8 Å². The molecule has 1 N–H and O–H groups in total. The van der Waals surface area contributed by atoms with Crippen molar-refractivity contribution in [3.8, 4) is 0 Å². The molecular formula is C10H9NO3. The molecule has 0 atom stereocenters. The van der Waals surface area contributed by atoms with Gasteiger partial charge in [-0.25, -0.2) is 9.79 Å². The molecule has 1 aromatic rings. The van der Waals surface area contributed by atoms with E-state index in [2.05, 4.69) is 4.99 Å². The molecule has 0 saturated heterocycles. The average Bonchev–Trinajstić information content (AvgIpc) is 2.54. The van der Waals surface area contributed by atoms with Crippen molar-refractivity contribution in [1.82, 2.24) is 0 Å². The summed E-state index contributed by atoms with van der Waals surface area (Å²) in [6.45, 7) is 0.195. The molecule has 0 aromatic heterocycles. The molecule has 72 valence electrons. The second-order valence-corrected chi connectivity index (χ2v) is 2.85. The van der Waals surface area contributed by atoms with Gasteiger partial charge in [-0.15, -0.1) is 0 Å². The van der Waals surface area contributed by atoms with Gasteiger partial charge in [0, 0.05) is 0 Å². The first kappa shape index (κ1) is 8.90. The number of esters is 1. The smallest absolute Gasteiger partial charge is 0.345 e. The fraction of sp³-hybridized carbons (Fsp3) is 0.200. The molecular weight excluding hydrogens is 182 g/mol. The van der Waals surface area contributed by atoms with Gasteiger partial charge in [0.1, 0.15) is 0 Å². The molecule has 1 aromatic carbocycles. The molecule has 4 nitrogen and oxygen atoms in total. The minimum atomic E-state index is -0.378. The second kappa shape index (κ2) is 3.59. The molecule has 0 fully saturated rings. The summed E-state index contributed by atoms with van der Waals surface area (Å²) < 4.78 is 4.93. The van der Waals surface area contributed by atoms with E-state index in [1.165, 1.54) is 0 Å². The van der Waals surface area contributed by atoms with Crippen molar-refractivity contribution in [2.75, 3.05) is 13.2 Å². The first-order chi connectivity index (χ1) is 6.83. The highest BCUT2D eigenvalue weighted by molar-refractivity contribution is 6.16. The van der Waals surface area contributed by atoms with Crippen LogP contribution in [0.15, 0.2) is 29.3 Å². The van der Waals surface area contributed by atoms with Gasteiger partial charge < -0.3 is 9.84 Å². The standard InChI is InChI=1S/C10H9NO3/c12-6-5-11-9-7-3-1-2-4-8(7)10(13)14-9/h1-4,12H,5-6H2. The van der Waals surface area contributed by atoms with E-state index in [1.54, 1.807) is 18.2 Å². The first-order valence-electron chi connectivity index (χ1n) is 4.30. The molecule has 1 aliphatic rings. The third kappa shape index (κ3) is 1.40. The fourth-order valence-corrected chi connectivity index (χ4v) is 1.31. The van der Waals surface area contributed by atoms with E-state index in [-0.39, 0.29) is 19.1 Å². The molecule has 1 aliphatic heterocycles. The fourth-order valence-electron chi connectivity index (χ4n) is 1.31. The van der Waals surface area contributed by atoms with Crippen LogP contribution in [0.25, 0.3) is 0 Å². The van der Waals surface area contributed by atoms with Crippen molar-refractivity contribution in [2.24, 2.45) is 4.99 Å². The zero-order chi connectivity index (χ0) is 9.97. The minimum absolute atomic E-state index is 0.0524. The van der Waals surface area contributed by atoms with Crippen molar-refractivity contribution in [3.05, 3.63) is 35.4 Å². The topological polar surface area (TPSA) is 58.9 Å². The summed E-state index contributed by atoms with van der Waals surface area (Å²) in [5.41, 5.74) is 1.23. The quantitative estimate of drug-likeness (QED) is 0.696. The normalized spacial score (nSPS) is 16.9. The molecule has 4 heteroatoms. The second-order valence-electron chi connectivity index (χ2n) is 2.85. The van der Waals surface area contributed by atoms with Gasteiger partial charge in [0.2, 0.25) is 5.90 Å². The lowest BCUT2D eigenvalue weighted by Crippen LogP contribution is -2.02. The average molecular weight is 191 g/mol. The summed E-state index contributed by atoms with van der Waals surface area (Å²) >= 11 is 0. The maximum absolute atomic E-state index is 11.3. The Balaban J connectivity index is 2.39. The van der Waals surface area contributed by atoms with Crippen molar-refractivity contribution >= 4 is 11.9 Å². The van der Waals surface area contributed by atoms with Gasteiger partial charge >= 0.3 is 5.97 Å². The van der Waals surface area contributed by atoms with Gasteiger partial charge in [-0.3, -0.25) is 0 Å². The first-order valence-corrected chi connectivity index (χ1v) is 4.30. The van der Waals surface area contributed by atoms with E-state index >= 15 is 0 Å². The van der Waals surface area contributed by atoms with Crippen LogP contribution in [-0.4, -0.2) is 30.1 Å². The lowest BCUT2D eigenvalue weighted by Gasteiger charge is -1.95. The summed E-state index contributed by atoms with van der Waals surface area (Å²) in [6, 6.07) is 7.06. The van der Waals surface area contributed by atoms with Crippen LogP contribution in [0.3, 0.4) is 0 Å². The summed E-state index contributed by atoms with van der Waals surface area (Å²) in [5.74, 6) is -0.0723. The van der Waals surface area contributed by atoms with Crippen molar-refractivity contribution < 1.29 is 14.6 Å². The molecule has 2 rings (SSSR count). The number of cyclic esters (lactones) is 1. The lowest BCUT2D eigenvalue weighted by atomic mass is 10.1. The minimum Gasteiger partial charge on any atom is -0.404 e. The van der Waals surface area contributed by atoms with Crippen LogP contribution in [0.5, 0.6) is 0 Å². The predicted octanol–water partition coefficient (Wildman–Crippen LogP) is 0.596. The third-order valence-electron chi connectivity index (χ3n) is 1.92. The highest BCUT2D eigenvalue weighted by Gasteiger charge is 2.26. The number of hydrogen-bond donors (Lipinski definition) is 1. The van der Waals surface area contributed by atoms with E-state index in [1.807, 2.05) is 6.07 Å². The van der Waals surface area contributed by atoms with Crippen LogP contribution in [0.4, 0.5) is 0 Å². The Morgan fingerprint density at radius 1 is 1.29 bits per heavy atom. The number of nitrogens with zero attached hydrogens (tertiary/aromatic N) is 1. The number of rotatable bonds is 2. The third-order valence-corrected chi connectivity index (χ3v) is 1.92. The molecule has 0 spiro atoms. The maximum Gasteiger partial charge on any atom is 0.345 e. The molecule has 1 heterocycles. The monoisotopic (exact) mass is 191 g/mol. The Morgan fingerprint density at radius 3 is 2.71 bits per heavy atom. The summed E-state index contributed by atoms with van der Waals surface area (Å²) in [6.07, 6.45) is 0. The van der Waals surface area contributed by atoms with E-state index in [9.17, 15) is 4.79 Å². The number of ether oxygens (including phenoxy) is 1. The van der Waals surface area contributed by atoms with E-state index in [4.69, 9.17) is 9.84 Å². The highest BCUT2D eigenvalue weighted by atomic mass is 16.5. The van der Waals surface area contributed by atoms with Crippen LogP contribution < -0.4 is 0 Å². The Hall–Kier alpha value is -1.68. The van der Waals surface area contributed by atoms with Crippen LogP contribution in [-0.2, 0) is 4.74 Å². The van der Waals surface area contributed by atoms with Crippen LogP contribution in [0.2, 0.25) is 0 Å². The van der Waals surface area contributed by atoms with Gasteiger partial charge in [-0.2, -0.15) is 0 Å². The van der Waals surface area contributed by atoms with E-state index in [0.717, 1.165) is 0 Å². The largest absolute Gasteiger partial charge is 0.404 e. The Morgan fingerprint density at radius 2 is 2.00 bits per heavy atom. The lowest BCUT2D eigenvalue weighted by molar-refractivity contribution is 0.0736. The van der Waals surface area contributed by atoms with Gasteiger partial charge in [0.05, 0.1) is 24.3 Å². The van der Waals surface area contributed by atoms with Crippen LogP contribution >= 0.6 is 0 Å². The zero-order valence-corrected chi connectivity index (χ0v) is 7.43. The van der Waals surface area contributed by atoms with Gasteiger partial charge in [-0.05, 0) is 12.1 Å². The van der Waals surface area contributed by atoms with Crippen molar-refractivity contribution in [2.45, 2.75) is 0 Å². The molecule has 0 unspecified atom stereocenters. The molecule has 0 radical (unpaired) electrons. The maximum atomic E-state index is 11.3. The van der Waals surface area contributed by atoms with Crippen LogP contribution in [0.1, 0.15) is 15.9 Å². The number of carbonyl (C=O) groups is 1. The highest BCUT2D eigenvalue weighted by Crippen LogP contribution is 2.19. The summed E-state index contributed by atoms with van der Waals surface area (Å²) in [4.78, 5) is 15.2. The molecule has 0 aliphatic carbocycles. The number of hydrogen-bond acceptors (Lipinski definition) is 4. The number of benzene rings is 1. The predicted molar refractivity (Wildman–Crippen MR) is 50.3 cm³/mol. The number of fused-ring (bicyclic) bond motifs is 1. The number of carbonyl (C=O) groups excluding carboxylic acids is 1. The Kier molecular flexibility index (Phi) is 2.28. The van der Waals surface area contributed by atoms with Crippen molar-refractivity contribution in [3.63, 3.8) is 0 Å². The van der Waals surface area contributed by atoms with E-state index in [0.29, 0.717) is 17.0 Å². The number of aliphatic hydroxyl groups excluding tert-OH is 1. The molecule has 14 heavy (non-hydrogen) atoms. The number of aliphatic hydroxyl groups is 1. The van der Waals surface area contributed by atoms with Gasteiger partial charge in [-0.1, -0.05) is 12.1 Å². The SMILES string of the molecule is O=C1OC(=NCCO)c2ccccc21. The van der Waals surface area contributed by atoms with Crippen molar-refractivity contribution in [1.29, 1.82) is 0 Å².